The van der Waals surface area contributed by atoms with Crippen LogP contribution in [0.4, 0.5) is 0 Å². The molecule has 2 rings (SSSR count). The van der Waals surface area contributed by atoms with E-state index in [4.69, 9.17) is 4.52 Å². The lowest BCUT2D eigenvalue weighted by Crippen LogP contribution is -2.44. The largest absolute Gasteiger partial charge is 0.341 e. The fraction of sp³-hybridized carbons (Fsp3) is 0.750. The number of carbonyl (C=O) groups is 1. The first-order valence-corrected chi connectivity index (χ1v) is 6.36. The van der Waals surface area contributed by atoms with Gasteiger partial charge >= 0.3 is 0 Å². The molecule has 0 spiro atoms. The van der Waals surface area contributed by atoms with Crippen molar-refractivity contribution in [3.05, 3.63) is 11.7 Å². The molecule has 1 aromatic rings. The van der Waals surface area contributed by atoms with Crippen LogP contribution >= 0.6 is 0 Å². The highest BCUT2D eigenvalue weighted by atomic mass is 16.5. The predicted octanol–water partition coefficient (Wildman–Crippen LogP) is 0.821. The maximum atomic E-state index is 12.2. The summed E-state index contributed by atoms with van der Waals surface area (Å²) in [5.41, 5.74) is 0. The van der Waals surface area contributed by atoms with Crippen molar-refractivity contribution in [2.24, 2.45) is 0 Å². The van der Waals surface area contributed by atoms with E-state index in [1.165, 1.54) is 0 Å². The van der Waals surface area contributed by atoms with Crippen molar-refractivity contribution in [3.63, 3.8) is 0 Å². The lowest BCUT2D eigenvalue weighted by molar-refractivity contribution is -0.135. The van der Waals surface area contributed by atoms with Crippen LogP contribution in [0.2, 0.25) is 0 Å². The zero-order chi connectivity index (χ0) is 13.1. The molecule has 2 heterocycles. The lowest BCUT2D eigenvalue weighted by atomic mass is 10.2. The molecule has 0 aliphatic carbocycles. The number of likely N-dealkylation sites (tertiary alicyclic amines) is 1. The number of aromatic nitrogens is 2. The van der Waals surface area contributed by atoms with E-state index in [-0.39, 0.29) is 11.9 Å². The van der Waals surface area contributed by atoms with Gasteiger partial charge in [-0.3, -0.25) is 9.69 Å². The molecule has 1 aliphatic rings. The van der Waals surface area contributed by atoms with Gasteiger partial charge in [0.05, 0.1) is 12.6 Å². The van der Waals surface area contributed by atoms with Crippen LogP contribution in [0.15, 0.2) is 4.52 Å². The molecule has 1 saturated heterocycles. The van der Waals surface area contributed by atoms with E-state index < -0.39 is 0 Å². The molecule has 1 aromatic heterocycles. The summed E-state index contributed by atoms with van der Waals surface area (Å²) < 4.78 is 4.92. The molecule has 0 saturated carbocycles. The SMILES string of the molecule is Cc1nc(CN(C)[C@H](C)C(=O)N2CCCC2)no1. The van der Waals surface area contributed by atoms with Crippen molar-refractivity contribution in [2.75, 3.05) is 20.1 Å². The third-order valence-corrected chi connectivity index (χ3v) is 3.40. The Morgan fingerprint density at radius 1 is 1.50 bits per heavy atom. The highest BCUT2D eigenvalue weighted by Gasteiger charge is 2.26. The van der Waals surface area contributed by atoms with Crippen LogP contribution in [-0.4, -0.2) is 52.0 Å². The van der Waals surface area contributed by atoms with Gasteiger partial charge in [0.2, 0.25) is 11.8 Å². The van der Waals surface area contributed by atoms with E-state index in [1.807, 2.05) is 23.8 Å². The molecule has 18 heavy (non-hydrogen) atoms. The number of hydrogen-bond acceptors (Lipinski definition) is 5. The molecule has 1 atom stereocenters. The highest BCUT2D eigenvalue weighted by molar-refractivity contribution is 5.81. The number of nitrogens with zero attached hydrogens (tertiary/aromatic N) is 4. The van der Waals surface area contributed by atoms with Gasteiger partial charge in [-0.05, 0) is 26.8 Å². The first-order chi connectivity index (χ1) is 8.58. The summed E-state index contributed by atoms with van der Waals surface area (Å²) in [6.45, 7) is 5.98. The quantitative estimate of drug-likeness (QED) is 0.794. The number of carbonyl (C=O) groups excluding carboxylic acids is 1. The second kappa shape index (κ2) is 5.48. The Hall–Kier alpha value is -1.43. The van der Waals surface area contributed by atoms with Crippen molar-refractivity contribution >= 4 is 5.91 Å². The first-order valence-electron chi connectivity index (χ1n) is 6.36. The first kappa shape index (κ1) is 13.0. The predicted molar refractivity (Wildman–Crippen MR) is 65.8 cm³/mol. The van der Waals surface area contributed by atoms with E-state index in [1.54, 1.807) is 6.92 Å². The average molecular weight is 252 g/mol. The summed E-state index contributed by atoms with van der Waals surface area (Å²) in [5, 5.41) is 3.84. The smallest absolute Gasteiger partial charge is 0.239 e. The molecule has 0 radical (unpaired) electrons. The average Bonchev–Trinajstić information content (AvgIpc) is 2.98. The molecule has 100 valence electrons. The molecule has 1 amide bonds. The van der Waals surface area contributed by atoms with E-state index >= 15 is 0 Å². The zero-order valence-electron chi connectivity index (χ0n) is 11.2. The van der Waals surface area contributed by atoms with E-state index in [9.17, 15) is 4.79 Å². The van der Waals surface area contributed by atoms with Gasteiger partial charge in [-0.2, -0.15) is 4.98 Å². The summed E-state index contributed by atoms with van der Waals surface area (Å²) in [6.07, 6.45) is 2.23. The molecule has 1 fully saturated rings. The normalized spacial score (nSPS) is 17.4. The number of aryl methyl sites for hydroxylation is 1. The molecule has 0 aromatic carbocycles. The molecule has 6 heteroatoms. The third-order valence-electron chi connectivity index (χ3n) is 3.40. The van der Waals surface area contributed by atoms with Crippen molar-refractivity contribution < 1.29 is 9.32 Å². The minimum Gasteiger partial charge on any atom is -0.341 e. The standard InChI is InChI=1S/C12H20N4O2/c1-9(12(17)16-6-4-5-7-16)15(3)8-11-13-10(2)18-14-11/h9H,4-8H2,1-3H3/t9-/m1/s1. The second-order valence-corrected chi connectivity index (χ2v) is 4.85. The summed E-state index contributed by atoms with van der Waals surface area (Å²) in [7, 11) is 1.91. The Bertz CT molecular complexity index is 412. The number of rotatable bonds is 4. The maximum Gasteiger partial charge on any atom is 0.239 e. The van der Waals surface area contributed by atoms with Gasteiger partial charge in [0.15, 0.2) is 5.82 Å². The molecule has 0 unspecified atom stereocenters. The molecule has 1 aliphatic heterocycles. The van der Waals surface area contributed by atoms with Gasteiger partial charge in [-0.15, -0.1) is 0 Å². The highest BCUT2D eigenvalue weighted by Crippen LogP contribution is 2.12. The molecule has 0 N–H and O–H groups in total. The van der Waals surface area contributed by atoms with Crippen LogP contribution in [-0.2, 0) is 11.3 Å². The van der Waals surface area contributed by atoms with Crippen LogP contribution in [0.3, 0.4) is 0 Å². The zero-order valence-corrected chi connectivity index (χ0v) is 11.2. The van der Waals surface area contributed by atoms with Gasteiger partial charge in [0.25, 0.3) is 0 Å². The molecular formula is C12H20N4O2. The molecule has 0 bridgehead atoms. The van der Waals surface area contributed by atoms with E-state index in [0.29, 0.717) is 18.3 Å². The van der Waals surface area contributed by atoms with E-state index in [0.717, 1.165) is 25.9 Å². The van der Waals surface area contributed by atoms with Crippen molar-refractivity contribution in [1.29, 1.82) is 0 Å². The number of likely N-dealkylation sites (N-methyl/N-ethyl adjacent to an activating group) is 1. The van der Waals surface area contributed by atoms with Gasteiger partial charge in [-0.1, -0.05) is 5.16 Å². The molecule has 6 nitrogen and oxygen atoms in total. The van der Waals surface area contributed by atoms with Gasteiger partial charge in [0.1, 0.15) is 0 Å². The van der Waals surface area contributed by atoms with Gasteiger partial charge in [-0.25, -0.2) is 0 Å². The van der Waals surface area contributed by atoms with Crippen LogP contribution in [0.5, 0.6) is 0 Å². The van der Waals surface area contributed by atoms with Gasteiger partial charge in [0, 0.05) is 20.0 Å². The van der Waals surface area contributed by atoms with Gasteiger partial charge < -0.3 is 9.42 Å². The van der Waals surface area contributed by atoms with E-state index in [2.05, 4.69) is 10.1 Å². The number of amides is 1. The Labute approximate surface area is 107 Å². The van der Waals surface area contributed by atoms with Crippen molar-refractivity contribution in [1.82, 2.24) is 19.9 Å². The van der Waals surface area contributed by atoms with Crippen molar-refractivity contribution in [3.8, 4) is 0 Å². The summed E-state index contributed by atoms with van der Waals surface area (Å²) in [4.78, 5) is 20.2. The Kier molecular flexibility index (Phi) is 3.96. The second-order valence-electron chi connectivity index (χ2n) is 4.85. The minimum atomic E-state index is -0.151. The summed E-state index contributed by atoms with van der Waals surface area (Å²) in [6, 6.07) is -0.151. The Morgan fingerprint density at radius 3 is 2.72 bits per heavy atom. The summed E-state index contributed by atoms with van der Waals surface area (Å²) >= 11 is 0. The topological polar surface area (TPSA) is 62.5 Å². The van der Waals surface area contributed by atoms with Crippen LogP contribution < -0.4 is 0 Å². The lowest BCUT2D eigenvalue weighted by Gasteiger charge is -2.26. The Balaban J connectivity index is 1.91. The monoisotopic (exact) mass is 252 g/mol. The van der Waals surface area contributed by atoms with Crippen LogP contribution in [0.1, 0.15) is 31.5 Å². The third kappa shape index (κ3) is 2.87. The summed E-state index contributed by atoms with van der Waals surface area (Å²) in [5.74, 6) is 1.36. The Morgan fingerprint density at radius 2 is 2.17 bits per heavy atom. The maximum absolute atomic E-state index is 12.2. The van der Waals surface area contributed by atoms with Crippen molar-refractivity contribution in [2.45, 2.75) is 39.3 Å². The fourth-order valence-corrected chi connectivity index (χ4v) is 2.16. The minimum absolute atomic E-state index is 0.151. The fourth-order valence-electron chi connectivity index (χ4n) is 2.16. The molecular weight excluding hydrogens is 232 g/mol. The van der Waals surface area contributed by atoms with Crippen LogP contribution in [0, 0.1) is 6.92 Å². The number of hydrogen-bond donors (Lipinski definition) is 0. The van der Waals surface area contributed by atoms with Crippen LogP contribution in [0.25, 0.3) is 0 Å².